The molecule has 0 spiro atoms. The zero-order valence-corrected chi connectivity index (χ0v) is 13.7. The van der Waals surface area contributed by atoms with Gasteiger partial charge in [0.1, 0.15) is 19.0 Å². The minimum Gasteiger partial charge on any atom is -0.486 e. The third-order valence-electron chi connectivity index (χ3n) is 4.54. The highest BCUT2D eigenvalue weighted by Gasteiger charge is 2.30. The molecule has 0 unspecified atom stereocenters. The molecule has 0 aromatic heterocycles. The van der Waals surface area contributed by atoms with Gasteiger partial charge in [0.05, 0.1) is 6.04 Å². The van der Waals surface area contributed by atoms with Crippen molar-refractivity contribution in [2.45, 2.75) is 18.9 Å². The Hall–Kier alpha value is -2.76. The van der Waals surface area contributed by atoms with Crippen molar-refractivity contribution in [3.63, 3.8) is 0 Å². The lowest BCUT2D eigenvalue weighted by molar-refractivity contribution is 0.171. The van der Waals surface area contributed by atoms with E-state index in [0.717, 1.165) is 18.4 Å². The molecule has 4 rings (SSSR count). The minimum absolute atomic E-state index is 0.104. The van der Waals surface area contributed by atoms with Crippen molar-refractivity contribution < 1.29 is 18.7 Å². The first kappa shape index (κ1) is 15.7. The van der Waals surface area contributed by atoms with Crippen LogP contribution < -0.4 is 14.8 Å². The number of carbonyl (C=O) groups excluding carboxylic acids is 1. The van der Waals surface area contributed by atoms with Gasteiger partial charge in [-0.1, -0.05) is 12.1 Å². The number of carbonyl (C=O) groups is 1. The first-order chi connectivity index (χ1) is 12.2. The van der Waals surface area contributed by atoms with Gasteiger partial charge in [-0.25, -0.2) is 9.18 Å². The molecular formula is C19H19FN2O3. The van der Waals surface area contributed by atoms with Crippen LogP contribution in [-0.2, 0) is 0 Å². The van der Waals surface area contributed by atoms with Gasteiger partial charge < -0.3 is 19.7 Å². The molecule has 0 bridgehead atoms. The Bertz CT molecular complexity index is 796. The Morgan fingerprint density at radius 3 is 2.80 bits per heavy atom. The highest BCUT2D eigenvalue weighted by atomic mass is 19.1. The number of nitrogens with one attached hydrogen (secondary N) is 1. The van der Waals surface area contributed by atoms with E-state index >= 15 is 0 Å². The molecule has 2 aliphatic heterocycles. The third kappa shape index (κ3) is 3.24. The molecule has 1 saturated heterocycles. The number of likely N-dealkylation sites (tertiary alicyclic amines) is 1. The van der Waals surface area contributed by atoms with Gasteiger partial charge in [-0.3, -0.25) is 0 Å². The highest BCUT2D eigenvalue weighted by molar-refractivity contribution is 5.90. The van der Waals surface area contributed by atoms with Crippen LogP contribution in [0.25, 0.3) is 0 Å². The standard InChI is InChI=1S/C19H19FN2O3/c20-14-4-1-3-13(11-14)16-5-2-8-22(16)19(23)21-15-6-7-17-18(12-15)25-10-9-24-17/h1,3-4,6-7,11-12,16H,2,5,8-10H2,(H,21,23)/t16-/m1/s1. The summed E-state index contributed by atoms with van der Waals surface area (Å²) in [7, 11) is 0. The number of halogens is 1. The largest absolute Gasteiger partial charge is 0.486 e. The number of fused-ring (bicyclic) bond motifs is 1. The zero-order chi connectivity index (χ0) is 17.2. The highest BCUT2D eigenvalue weighted by Crippen LogP contribution is 2.35. The van der Waals surface area contributed by atoms with Crippen LogP contribution in [0.1, 0.15) is 24.4 Å². The zero-order valence-electron chi connectivity index (χ0n) is 13.7. The second kappa shape index (κ2) is 6.63. The Morgan fingerprint density at radius 2 is 1.96 bits per heavy atom. The Morgan fingerprint density at radius 1 is 1.12 bits per heavy atom. The van der Waals surface area contributed by atoms with Crippen molar-refractivity contribution in [2.75, 3.05) is 25.1 Å². The molecule has 1 atom stereocenters. The molecule has 0 aliphatic carbocycles. The van der Waals surface area contributed by atoms with Gasteiger partial charge in [0, 0.05) is 18.3 Å². The van der Waals surface area contributed by atoms with Gasteiger partial charge in [-0.05, 0) is 42.7 Å². The molecule has 1 N–H and O–H groups in total. The predicted octanol–water partition coefficient (Wildman–Crippen LogP) is 3.97. The monoisotopic (exact) mass is 342 g/mol. The van der Waals surface area contributed by atoms with Crippen molar-refractivity contribution in [1.29, 1.82) is 0 Å². The molecule has 2 aromatic rings. The number of ether oxygens (including phenoxy) is 2. The fourth-order valence-electron chi connectivity index (χ4n) is 3.39. The molecule has 6 heteroatoms. The number of hydrogen-bond acceptors (Lipinski definition) is 3. The molecule has 5 nitrogen and oxygen atoms in total. The summed E-state index contributed by atoms with van der Waals surface area (Å²) in [6.07, 6.45) is 1.73. The van der Waals surface area contributed by atoms with Gasteiger partial charge in [-0.15, -0.1) is 0 Å². The van der Waals surface area contributed by atoms with Crippen LogP contribution in [0.4, 0.5) is 14.9 Å². The van der Waals surface area contributed by atoms with E-state index < -0.39 is 0 Å². The van der Waals surface area contributed by atoms with E-state index in [2.05, 4.69) is 5.32 Å². The number of urea groups is 1. The normalized spacial score (nSPS) is 18.9. The van der Waals surface area contributed by atoms with Gasteiger partial charge in [-0.2, -0.15) is 0 Å². The number of rotatable bonds is 2. The lowest BCUT2D eigenvalue weighted by Crippen LogP contribution is -2.34. The second-order valence-corrected chi connectivity index (χ2v) is 6.20. The minimum atomic E-state index is -0.281. The summed E-state index contributed by atoms with van der Waals surface area (Å²) in [4.78, 5) is 14.5. The van der Waals surface area contributed by atoms with Crippen LogP contribution in [0.2, 0.25) is 0 Å². The van der Waals surface area contributed by atoms with E-state index in [1.54, 1.807) is 29.2 Å². The summed E-state index contributed by atoms with van der Waals surface area (Å²) in [6, 6.07) is 11.5. The van der Waals surface area contributed by atoms with Crippen molar-refractivity contribution in [2.24, 2.45) is 0 Å². The number of amides is 2. The van der Waals surface area contributed by atoms with Gasteiger partial charge in [0.15, 0.2) is 11.5 Å². The number of benzene rings is 2. The van der Waals surface area contributed by atoms with Crippen molar-refractivity contribution in [1.82, 2.24) is 4.90 Å². The van der Waals surface area contributed by atoms with Crippen molar-refractivity contribution in [3.05, 3.63) is 53.8 Å². The topological polar surface area (TPSA) is 50.8 Å². The van der Waals surface area contributed by atoms with E-state index in [1.165, 1.54) is 12.1 Å². The third-order valence-corrected chi connectivity index (χ3v) is 4.54. The Balaban J connectivity index is 1.50. The van der Waals surface area contributed by atoms with Gasteiger partial charge in [0.25, 0.3) is 0 Å². The van der Waals surface area contributed by atoms with Crippen LogP contribution in [0.15, 0.2) is 42.5 Å². The van der Waals surface area contributed by atoms with E-state index in [0.29, 0.717) is 36.9 Å². The van der Waals surface area contributed by atoms with Crippen molar-refractivity contribution >= 4 is 11.7 Å². The maximum atomic E-state index is 13.5. The molecular weight excluding hydrogens is 323 g/mol. The fourth-order valence-corrected chi connectivity index (χ4v) is 3.39. The average molecular weight is 342 g/mol. The molecule has 2 heterocycles. The molecule has 2 aliphatic rings. The lowest BCUT2D eigenvalue weighted by Gasteiger charge is -2.26. The Kier molecular flexibility index (Phi) is 4.17. The molecule has 2 aromatic carbocycles. The van der Waals surface area contributed by atoms with Gasteiger partial charge in [0.2, 0.25) is 0 Å². The molecule has 0 saturated carbocycles. The lowest BCUT2D eigenvalue weighted by atomic mass is 10.0. The first-order valence-electron chi connectivity index (χ1n) is 8.43. The summed E-state index contributed by atoms with van der Waals surface area (Å²) in [6.45, 7) is 1.68. The van der Waals surface area contributed by atoms with Crippen molar-refractivity contribution in [3.8, 4) is 11.5 Å². The summed E-state index contributed by atoms with van der Waals surface area (Å²) in [5, 5.41) is 2.91. The first-order valence-corrected chi connectivity index (χ1v) is 8.43. The van der Waals surface area contributed by atoms with Crippen LogP contribution in [0.5, 0.6) is 11.5 Å². The van der Waals surface area contributed by atoms with Gasteiger partial charge >= 0.3 is 6.03 Å². The summed E-state index contributed by atoms with van der Waals surface area (Å²) >= 11 is 0. The molecule has 1 fully saturated rings. The summed E-state index contributed by atoms with van der Waals surface area (Å²) in [5.74, 6) is 1.03. The SMILES string of the molecule is O=C(Nc1ccc2c(c1)OCCO2)N1CCC[C@@H]1c1cccc(F)c1. The molecule has 130 valence electrons. The number of anilines is 1. The molecule has 25 heavy (non-hydrogen) atoms. The maximum Gasteiger partial charge on any atom is 0.322 e. The van der Waals surface area contributed by atoms with E-state index in [-0.39, 0.29) is 17.9 Å². The fraction of sp³-hybridized carbons (Fsp3) is 0.316. The van der Waals surface area contributed by atoms with Crippen LogP contribution in [0, 0.1) is 5.82 Å². The predicted molar refractivity (Wildman–Crippen MR) is 91.5 cm³/mol. The van der Waals surface area contributed by atoms with Crippen LogP contribution >= 0.6 is 0 Å². The van der Waals surface area contributed by atoms with E-state index in [9.17, 15) is 9.18 Å². The Labute approximate surface area is 145 Å². The summed E-state index contributed by atoms with van der Waals surface area (Å²) < 4.78 is 24.5. The number of nitrogens with zero attached hydrogens (tertiary/aromatic N) is 1. The summed E-state index contributed by atoms with van der Waals surface area (Å²) in [5.41, 5.74) is 1.48. The van der Waals surface area contributed by atoms with Crippen LogP contribution in [0.3, 0.4) is 0 Å². The average Bonchev–Trinajstić information content (AvgIpc) is 3.11. The van der Waals surface area contributed by atoms with Crippen LogP contribution in [-0.4, -0.2) is 30.7 Å². The quantitative estimate of drug-likeness (QED) is 0.898. The van der Waals surface area contributed by atoms with E-state index in [1.807, 2.05) is 6.07 Å². The maximum absolute atomic E-state index is 13.5. The number of hydrogen-bond donors (Lipinski definition) is 1. The molecule has 2 amide bonds. The smallest absolute Gasteiger partial charge is 0.322 e. The molecule has 0 radical (unpaired) electrons. The van der Waals surface area contributed by atoms with E-state index in [4.69, 9.17) is 9.47 Å². The second-order valence-electron chi connectivity index (χ2n) is 6.20.